The highest BCUT2D eigenvalue weighted by Gasteiger charge is 2.29. The second kappa shape index (κ2) is 8.39. The molecule has 2 N–H and O–H groups in total. The quantitative estimate of drug-likeness (QED) is 0.572. The third kappa shape index (κ3) is 5.67. The van der Waals surface area contributed by atoms with E-state index in [9.17, 15) is 0 Å². The van der Waals surface area contributed by atoms with Crippen LogP contribution in [0.2, 0.25) is 0 Å². The van der Waals surface area contributed by atoms with Gasteiger partial charge in [-0.05, 0) is 44.6 Å². The van der Waals surface area contributed by atoms with Crippen molar-refractivity contribution in [2.75, 3.05) is 26.7 Å². The maximum Gasteiger partial charge on any atom is 0.191 e. The zero-order chi connectivity index (χ0) is 15.1. The molecule has 0 unspecified atom stereocenters. The second-order valence-corrected chi connectivity index (χ2v) is 6.85. The summed E-state index contributed by atoms with van der Waals surface area (Å²) in [6.45, 7) is 7.54. The summed E-state index contributed by atoms with van der Waals surface area (Å²) in [5.41, 5.74) is 0. The van der Waals surface area contributed by atoms with E-state index >= 15 is 0 Å². The fraction of sp³-hybridized carbons (Fsp3) is 0.688. The molecule has 0 amide bonds. The Morgan fingerprint density at radius 3 is 2.71 bits per heavy atom. The number of aliphatic imine (C=N–C) groups is 1. The molecule has 1 fully saturated rings. The van der Waals surface area contributed by atoms with E-state index < -0.39 is 0 Å². The van der Waals surface area contributed by atoms with Crippen molar-refractivity contribution in [2.24, 2.45) is 4.99 Å². The number of rotatable bonds is 8. The SMILES string of the molecule is CN=C(NCCc1cccs1)NCCN(C(C)C)C1CC1. The van der Waals surface area contributed by atoms with E-state index in [1.54, 1.807) is 0 Å². The van der Waals surface area contributed by atoms with Crippen molar-refractivity contribution >= 4 is 17.3 Å². The lowest BCUT2D eigenvalue weighted by Gasteiger charge is -2.26. The van der Waals surface area contributed by atoms with Gasteiger partial charge >= 0.3 is 0 Å². The molecule has 1 saturated carbocycles. The van der Waals surface area contributed by atoms with Gasteiger partial charge in [0.2, 0.25) is 0 Å². The summed E-state index contributed by atoms with van der Waals surface area (Å²) in [6.07, 6.45) is 3.79. The number of guanidine groups is 1. The Labute approximate surface area is 132 Å². The summed E-state index contributed by atoms with van der Waals surface area (Å²) in [6, 6.07) is 5.73. The lowest BCUT2D eigenvalue weighted by molar-refractivity contribution is 0.215. The van der Waals surface area contributed by atoms with Gasteiger partial charge in [0.25, 0.3) is 0 Å². The van der Waals surface area contributed by atoms with Gasteiger partial charge in [-0.15, -0.1) is 11.3 Å². The molecular formula is C16H28N4S. The van der Waals surface area contributed by atoms with Crippen molar-refractivity contribution in [2.45, 2.75) is 45.2 Å². The van der Waals surface area contributed by atoms with Crippen LogP contribution in [0.3, 0.4) is 0 Å². The van der Waals surface area contributed by atoms with Crippen LogP contribution in [0, 0.1) is 0 Å². The third-order valence-corrected chi connectivity index (χ3v) is 4.75. The molecule has 0 bridgehead atoms. The van der Waals surface area contributed by atoms with Crippen LogP contribution < -0.4 is 10.6 Å². The predicted octanol–water partition coefficient (Wildman–Crippen LogP) is 2.33. The van der Waals surface area contributed by atoms with E-state index in [0.29, 0.717) is 6.04 Å². The van der Waals surface area contributed by atoms with Gasteiger partial charge in [0.1, 0.15) is 0 Å². The van der Waals surface area contributed by atoms with Crippen molar-refractivity contribution in [3.05, 3.63) is 22.4 Å². The van der Waals surface area contributed by atoms with Crippen LogP contribution in [0.15, 0.2) is 22.5 Å². The lowest BCUT2D eigenvalue weighted by atomic mass is 10.3. The fourth-order valence-corrected chi connectivity index (χ4v) is 3.26. The molecule has 5 heteroatoms. The number of hydrogen-bond donors (Lipinski definition) is 2. The van der Waals surface area contributed by atoms with E-state index in [0.717, 1.165) is 38.1 Å². The molecule has 4 nitrogen and oxygen atoms in total. The maximum absolute atomic E-state index is 4.29. The lowest BCUT2D eigenvalue weighted by Crippen LogP contribution is -2.44. The Bertz CT molecular complexity index is 421. The Hall–Kier alpha value is -1.07. The largest absolute Gasteiger partial charge is 0.356 e. The smallest absolute Gasteiger partial charge is 0.191 e. The summed E-state index contributed by atoms with van der Waals surface area (Å²) in [4.78, 5) is 8.29. The first-order valence-electron chi connectivity index (χ1n) is 7.93. The summed E-state index contributed by atoms with van der Waals surface area (Å²) < 4.78 is 0. The molecular weight excluding hydrogens is 280 g/mol. The Morgan fingerprint density at radius 1 is 1.38 bits per heavy atom. The summed E-state index contributed by atoms with van der Waals surface area (Å²) in [7, 11) is 1.83. The first kappa shape index (κ1) is 16.3. The van der Waals surface area contributed by atoms with Gasteiger partial charge in [-0.25, -0.2) is 0 Å². The van der Waals surface area contributed by atoms with E-state index in [1.807, 2.05) is 18.4 Å². The minimum Gasteiger partial charge on any atom is -0.356 e. The number of hydrogen-bond acceptors (Lipinski definition) is 3. The van der Waals surface area contributed by atoms with E-state index in [-0.39, 0.29) is 0 Å². The average molecular weight is 308 g/mol. The molecule has 0 spiro atoms. The molecule has 1 aliphatic carbocycles. The van der Waals surface area contributed by atoms with Crippen LogP contribution in [0.1, 0.15) is 31.6 Å². The highest BCUT2D eigenvalue weighted by molar-refractivity contribution is 7.09. The summed E-state index contributed by atoms with van der Waals surface area (Å²) in [5, 5.41) is 8.93. The molecule has 1 heterocycles. The molecule has 1 aromatic rings. The van der Waals surface area contributed by atoms with Crippen molar-refractivity contribution in [1.29, 1.82) is 0 Å². The number of nitrogens with one attached hydrogen (secondary N) is 2. The molecule has 21 heavy (non-hydrogen) atoms. The molecule has 1 aromatic heterocycles. The minimum absolute atomic E-state index is 0.633. The first-order chi connectivity index (χ1) is 10.2. The van der Waals surface area contributed by atoms with Gasteiger partial charge in [-0.1, -0.05) is 6.07 Å². The average Bonchev–Trinajstić information content (AvgIpc) is 3.17. The fourth-order valence-electron chi connectivity index (χ4n) is 2.55. The van der Waals surface area contributed by atoms with Gasteiger partial charge < -0.3 is 10.6 Å². The van der Waals surface area contributed by atoms with Crippen molar-refractivity contribution in [1.82, 2.24) is 15.5 Å². The van der Waals surface area contributed by atoms with Crippen LogP contribution >= 0.6 is 11.3 Å². The molecule has 0 aromatic carbocycles. The Morgan fingerprint density at radius 2 is 2.14 bits per heavy atom. The Kier molecular flexibility index (Phi) is 6.51. The standard InChI is InChI=1S/C16H28N4S/c1-13(2)20(14-6-7-14)11-10-19-16(17-3)18-9-8-15-5-4-12-21-15/h4-5,12-14H,6-11H2,1-3H3,(H2,17,18,19). The predicted molar refractivity (Wildman–Crippen MR) is 92.3 cm³/mol. The molecule has 0 aliphatic heterocycles. The van der Waals surface area contributed by atoms with Crippen LogP contribution in [-0.4, -0.2) is 49.6 Å². The molecule has 0 radical (unpaired) electrons. The van der Waals surface area contributed by atoms with E-state index in [1.165, 1.54) is 17.7 Å². The molecule has 2 rings (SSSR count). The zero-order valence-corrected chi connectivity index (χ0v) is 14.2. The number of nitrogens with zero attached hydrogens (tertiary/aromatic N) is 2. The van der Waals surface area contributed by atoms with Crippen LogP contribution in [0.5, 0.6) is 0 Å². The van der Waals surface area contributed by atoms with Crippen LogP contribution in [0.4, 0.5) is 0 Å². The molecule has 1 aliphatic rings. The van der Waals surface area contributed by atoms with Crippen molar-refractivity contribution in [3.63, 3.8) is 0 Å². The zero-order valence-electron chi connectivity index (χ0n) is 13.4. The molecule has 0 saturated heterocycles. The van der Waals surface area contributed by atoms with Crippen molar-refractivity contribution < 1.29 is 0 Å². The van der Waals surface area contributed by atoms with Crippen LogP contribution in [0.25, 0.3) is 0 Å². The monoisotopic (exact) mass is 308 g/mol. The number of thiophene rings is 1. The normalized spacial score (nSPS) is 15.8. The maximum atomic E-state index is 4.29. The Balaban J connectivity index is 1.63. The molecule has 0 atom stereocenters. The summed E-state index contributed by atoms with van der Waals surface area (Å²) >= 11 is 1.81. The minimum atomic E-state index is 0.633. The molecule has 118 valence electrons. The van der Waals surface area contributed by atoms with Gasteiger partial charge in [-0.3, -0.25) is 9.89 Å². The van der Waals surface area contributed by atoms with E-state index in [4.69, 9.17) is 0 Å². The van der Waals surface area contributed by atoms with Crippen LogP contribution in [-0.2, 0) is 6.42 Å². The van der Waals surface area contributed by atoms with Gasteiger partial charge in [-0.2, -0.15) is 0 Å². The van der Waals surface area contributed by atoms with Gasteiger partial charge in [0.15, 0.2) is 5.96 Å². The van der Waals surface area contributed by atoms with Crippen molar-refractivity contribution in [3.8, 4) is 0 Å². The topological polar surface area (TPSA) is 39.7 Å². The highest BCUT2D eigenvalue weighted by atomic mass is 32.1. The third-order valence-electron chi connectivity index (χ3n) is 3.81. The van der Waals surface area contributed by atoms with Gasteiger partial charge in [0, 0.05) is 43.6 Å². The highest BCUT2D eigenvalue weighted by Crippen LogP contribution is 2.27. The summed E-state index contributed by atoms with van der Waals surface area (Å²) in [5.74, 6) is 0.908. The van der Waals surface area contributed by atoms with Gasteiger partial charge in [0.05, 0.1) is 0 Å². The first-order valence-corrected chi connectivity index (χ1v) is 8.81. The second-order valence-electron chi connectivity index (χ2n) is 5.82. The van der Waals surface area contributed by atoms with E-state index in [2.05, 4.69) is 51.9 Å².